The van der Waals surface area contributed by atoms with E-state index in [9.17, 15) is 8.42 Å². The summed E-state index contributed by atoms with van der Waals surface area (Å²) >= 11 is 0. The summed E-state index contributed by atoms with van der Waals surface area (Å²) in [6, 6.07) is 6.31. The van der Waals surface area contributed by atoms with Crippen molar-refractivity contribution in [3.05, 3.63) is 29.8 Å². The Balaban J connectivity index is 2.18. The number of aliphatic hydroxyl groups is 1. The highest BCUT2D eigenvalue weighted by Gasteiger charge is 2.41. The number of hydrogen-bond acceptors (Lipinski definition) is 3. The fourth-order valence-corrected chi connectivity index (χ4v) is 3.00. The zero-order valence-electron chi connectivity index (χ0n) is 10.1. The molecule has 0 saturated heterocycles. The molecular weight excluding hydrogens is 250 g/mol. The number of sulfonamides is 1. The molecule has 1 fully saturated rings. The minimum absolute atomic E-state index is 0.208. The van der Waals surface area contributed by atoms with Gasteiger partial charge < -0.3 is 5.11 Å². The quantitative estimate of drug-likeness (QED) is 0.797. The van der Waals surface area contributed by atoms with E-state index in [0.717, 1.165) is 12.8 Å². The minimum atomic E-state index is -3.44. The van der Waals surface area contributed by atoms with Crippen molar-refractivity contribution in [1.82, 2.24) is 4.72 Å². The van der Waals surface area contributed by atoms with Gasteiger partial charge in [0.15, 0.2) is 0 Å². The van der Waals surface area contributed by atoms with Gasteiger partial charge in [-0.1, -0.05) is 11.8 Å². The van der Waals surface area contributed by atoms with Crippen LogP contribution in [0.4, 0.5) is 0 Å². The van der Waals surface area contributed by atoms with E-state index in [2.05, 4.69) is 16.6 Å². The zero-order chi connectivity index (χ0) is 13.2. The fraction of sp³-hybridized carbons (Fsp3) is 0.385. The molecule has 0 atom stereocenters. The average Bonchev–Trinajstić information content (AvgIpc) is 3.03. The van der Waals surface area contributed by atoms with Gasteiger partial charge >= 0.3 is 0 Å². The molecule has 0 spiro atoms. The molecule has 2 rings (SSSR count). The number of benzene rings is 1. The van der Waals surface area contributed by atoms with Crippen LogP contribution in [0.15, 0.2) is 29.2 Å². The van der Waals surface area contributed by atoms with Gasteiger partial charge in [-0.3, -0.25) is 0 Å². The summed E-state index contributed by atoms with van der Waals surface area (Å²) in [6.07, 6.45) is 1.76. The van der Waals surface area contributed by atoms with Crippen LogP contribution in [0.2, 0.25) is 0 Å². The molecule has 0 heterocycles. The van der Waals surface area contributed by atoms with Gasteiger partial charge in [0.25, 0.3) is 0 Å². The molecular formula is C13H15NO3S. The summed E-state index contributed by atoms with van der Waals surface area (Å²) in [5.74, 6) is 5.23. The van der Waals surface area contributed by atoms with Crippen LogP contribution in [0, 0.1) is 11.8 Å². The monoisotopic (exact) mass is 265 g/mol. The maximum Gasteiger partial charge on any atom is 0.241 e. The van der Waals surface area contributed by atoms with Crippen molar-refractivity contribution in [2.45, 2.75) is 30.2 Å². The van der Waals surface area contributed by atoms with E-state index < -0.39 is 10.0 Å². The summed E-state index contributed by atoms with van der Waals surface area (Å²) in [5.41, 5.74) is 0.411. The van der Waals surface area contributed by atoms with Crippen LogP contribution >= 0.6 is 0 Å². The van der Waals surface area contributed by atoms with Crippen LogP contribution in [0.3, 0.4) is 0 Å². The first-order chi connectivity index (χ1) is 8.45. The van der Waals surface area contributed by atoms with E-state index in [1.54, 1.807) is 12.1 Å². The average molecular weight is 265 g/mol. The number of rotatable bonds is 3. The van der Waals surface area contributed by atoms with E-state index in [4.69, 9.17) is 5.11 Å². The molecule has 2 N–H and O–H groups in total. The first kappa shape index (κ1) is 13.1. The van der Waals surface area contributed by atoms with Crippen LogP contribution in [0.1, 0.15) is 25.3 Å². The lowest BCUT2D eigenvalue weighted by molar-refractivity contribution is 0.350. The third kappa shape index (κ3) is 3.10. The van der Waals surface area contributed by atoms with E-state index in [1.807, 2.05) is 6.92 Å². The second kappa shape index (κ2) is 4.73. The molecule has 96 valence electrons. The topological polar surface area (TPSA) is 66.4 Å². The largest absolute Gasteiger partial charge is 0.384 e. The van der Waals surface area contributed by atoms with Crippen molar-refractivity contribution in [2.24, 2.45) is 0 Å². The number of nitrogens with one attached hydrogen (secondary N) is 1. The van der Waals surface area contributed by atoms with Crippen LogP contribution < -0.4 is 4.72 Å². The van der Waals surface area contributed by atoms with E-state index in [-0.39, 0.29) is 17.0 Å². The van der Waals surface area contributed by atoms with Crippen molar-refractivity contribution in [3.63, 3.8) is 0 Å². The summed E-state index contributed by atoms with van der Waals surface area (Å²) < 4.78 is 26.7. The Morgan fingerprint density at radius 3 is 2.44 bits per heavy atom. The summed E-state index contributed by atoms with van der Waals surface area (Å²) in [6.45, 7) is 1.69. The zero-order valence-corrected chi connectivity index (χ0v) is 10.9. The summed E-state index contributed by atoms with van der Waals surface area (Å²) in [7, 11) is -3.44. The second-order valence-electron chi connectivity index (χ2n) is 4.65. The van der Waals surface area contributed by atoms with Gasteiger partial charge in [0.2, 0.25) is 10.0 Å². The van der Waals surface area contributed by atoms with Crippen LogP contribution in [0.25, 0.3) is 0 Å². The Hall–Kier alpha value is -1.35. The van der Waals surface area contributed by atoms with E-state index in [0.29, 0.717) is 5.56 Å². The molecule has 0 amide bonds. The SMILES string of the molecule is CC1(NS(=O)(=O)c2ccc(C#CCO)cc2)CC1. The first-order valence-electron chi connectivity index (χ1n) is 5.69. The highest BCUT2D eigenvalue weighted by Crippen LogP contribution is 2.35. The molecule has 1 aliphatic carbocycles. The molecule has 0 aromatic heterocycles. The smallest absolute Gasteiger partial charge is 0.241 e. The lowest BCUT2D eigenvalue weighted by atomic mass is 10.2. The van der Waals surface area contributed by atoms with Gasteiger partial charge in [0, 0.05) is 11.1 Å². The molecule has 0 aliphatic heterocycles. The first-order valence-corrected chi connectivity index (χ1v) is 7.17. The predicted octanol–water partition coefficient (Wildman–Crippen LogP) is 0.861. The maximum absolute atomic E-state index is 12.0. The van der Waals surface area contributed by atoms with Gasteiger partial charge in [-0.2, -0.15) is 0 Å². The predicted molar refractivity (Wildman–Crippen MR) is 68.4 cm³/mol. The molecule has 1 aliphatic rings. The van der Waals surface area contributed by atoms with Gasteiger partial charge in [-0.15, -0.1) is 0 Å². The fourth-order valence-electron chi connectivity index (χ4n) is 1.53. The molecule has 0 bridgehead atoms. The lowest BCUT2D eigenvalue weighted by Gasteiger charge is -2.11. The van der Waals surface area contributed by atoms with Crippen molar-refractivity contribution in [1.29, 1.82) is 0 Å². The number of aliphatic hydroxyl groups excluding tert-OH is 1. The third-order valence-electron chi connectivity index (χ3n) is 2.86. The Morgan fingerprint density at radius 2 is 1.94 bits per heavy atom. The molecule has 1 aromatic carbocycles. The van der Waals surface area contributed by atoms with Gasteiger partial charge in [0.1, 0.15) is 6.61 Å². The normalized spacial score (nSPS) is 16.8. The molecule has 1 saturated carbocycles. The van der Waals surface area contributed by atoms with Gasteiger partial charge in [-0.05, 0) is 44.0 Å². The molecule has 0 unspecified atom stereocenters. The van der Waals surface area contributed by atoms with Crippen LogP contribution in [-0.2, 0) is 10.0 Å². The van der Waals surface area contributed by atoms with Crippen molar-refractivity contribution >= 4 is 10.0 Å². The van der Waals surface area contributed by atoms with Crippen molar-refractivity contribution in [3.8, 4) is 11.8 Å². The lowest BCUT2D eigenvalue weighted by Crippen LogP contribution is -2.34. The Bertz CT molecular complexity index is 589. The third-order valence-corrected chi connectivity index (χ3v) is 4.51. The van der Waals surface area contributed by atoms with Crippen molar-refractivity contribution < 1.29 is 13.5 Å². The van der Waals surface area contributed by atoms with Gasteiger partial charge in [-0.25, -0.2) is 13.1 Å². The summed E-state index contributed by atoms with van der Waals surface area (Å²) in [5, 5.41) is 8.57. The molecule has 0 radical (unpaired) electrons. The highest BCUT2D eigenvalue weighted by atomic mass is 32.2. The Morgan fingerprint density at radius 1 is 1.33 bits per heavy atom. The summed E-state index contributed by atoms with van der Waals surface area (Å²) in [4.78, 5) is 0.241. The molecule has 18 heavy (non-hydrogen) atoms. The van der Waals surface area contributed by atoms with E-state index >= 15 is 0 Å². The molecule has 5 heteroatoms. The van der Waals surface area contributed by atoms with Crippen LogP contribution in [0.5, 0.6) is 0 Å². The Kier molecular flexibility index (Phi) is 3.44. The van der Waals surface area contributed by atoms with Crippen LogP contribution in [-0.4, -0.2) is 25.7 Å². The van der Waals surface area contributed by atoms with Crippen molar-refractivity contribution in [2.75, 3.05) is 6.61 Å². The molecule has 1 aromatic rings. The maximum atomic E-state index is 12.0. The van der Waals surface area contributed by atoms with Gasteiger partial charge in [0.05, 0.1) is 4.90 Å². The van der Waals surface area contributed by atoms with E-state index in [1.165, 1.54) is 12.1 Å². The standard InChI is InChI=1S/C13H15NO3S/c1-13(8-9-13)14-18(16,17)12-6-4-11(5-7-12)3-2-10-15/h4-7,14-15H,8-10H2,1H3. The molecule has 4 nitrogen and oxygen atoms in total. The number of hydrogen-bond donors (Lipinski definition) is 2. The minimum Gasteiger partial charge on any atom is -0.384 e. The highest BCUT2D eigenvalue weighted by molar-refractivity contribution is 7.89. The second-order valence-corrected chi connectivity index (χ2v) is 6.33. The Labute approximate surface area is 107 Å².